The van der Waals surface area contributed by atoms with Crippen LogP contribution in [-0.2, 0) is 10.0 Å². The van der Waals surface area contributed by atoms with E-state index >= 15 is 0 Å². The number of sulfonamides is 1. The maximum atomic E-state index is 12.5. The number of nitrogens with zero attached hydrogens (tertiary/aromatic N) is 1. The van der Waals surface area contributed by atoms with Gasteiger partial charge in [0.05, 0.1) is 11.5 Å². The Labute approximate surface area is 154 Å². The van der Waals surface area contributed by atoms with Crippen LogP contribution in [0.2, 0.25) is 0 Å². The minimum atomic E-state index is -3.69. The Morgan fingerprint density at radius 1 is 1.08 bits per heavy atom. The first kappa shape index (κ1) is 19.9. The smallest absolute Gasteiger partial charge is 0.261 e. The van der Waals surface area contributed by atoms with Gasteiger partial charge in [-0.2, -0.15) is 0 Å². The summed E-state index contributed by atoms with van der Waals surface area (Å²) in [6.07, 6.45) is 0. The standard InChI is InChI=1S/C19H24N2O4S/c1-4-21(11-12-22)19(23)16-6-8-17(9-7-16)20-26(24,25)18-10-5-14(2)15(3)13-18/h5-10,13,20,22H,4,11-12H2,1-3H3. The van der Waals surface area contributed by atoms with Gasteiger partial charge >= 0.3 is 0 Å². The number of aliphatic hydroxyl groups excluding tert-OH is 1. The zero-order valence-corrected chi connectivity index (χ0v) is 16.0. The van der Waals surface area contributed by atoms with Crippen LogP contribution in [0.5, 0.6) is 0 Å². The molecule has 2 aromatic rings. The molecular formula is C19H24N2O4S. The highest BCUT2D eigenvalue weighted by atomic mass is 32.2. The minimum absolute atomic E-state index is 0.104. The lowest BCUT2D eigenvalue weighted by molar-refractivity contribution is 0.0732. The molecule has 0 aliphatic rings. The average Bonchev–Trinajstić information content (AvgIpc) is 2.61. The number of hydrogen-bond acceptors (Lipinski definition) is 4. The molecule has 2 rings (SSSR count). The van der Waals surface area contributed by atoms with Crippen LogP contribution in [0, 0.1) is 13.8 Å². The first-order chi connectivity index (χ1) is 12.3. The Morgan fingerprint density at radius 3 is 2.27 bits per heavy atom. The summed E-state index contributed by atoms with van der Waals surface area (Å²) in [4.78, 5) is 14.0. The van der Waals surface area contributed by atoms with Gasteiger partial charge in [-0.1, -0.05) is 6.07 Å². The van der Waals surface area contributed by atoms with Gasteiger partial charge in [-0.25, -0.2) is 8.42 Å². The summed E-state index contributed by atoms with van der Waals surface area (Å²) in [7, 11) is -3.69. The number of carbonyl (C=O) groups is 1. The number of hydrogen-bond donors (Lipinski definition) is 2. The molecule has 140 valence electrons. The molecule has 0 radical (unpaired) electrons. The molecule has 6 nitrogen and oxygen atoms in total. The summed E-state index contributed by atoms with van der Waals surface area (Å²) < 4.78 is 27.5. The highest BCUT2D eigenvalue weighted by Gasteiger charge is 2.16. The summed E-state index contributed by atoms with van der Waals surface area (Å²) in [5.41, 5.74) is 2.74. The lowest BCUT2D eigenvalue weighted by Gasteiger charge is -2.19. The second kappa shape index (κ2) is 8.33. The predicted molar refractivity (Wildman–Crippen MR) is 102 cm³/mol. The molecule has 1 amide bonds. The predicted octanol–water partition coefficient (Wildman–Crippen LogP) is 2.56. The third-order valence-electron chi connectivity index (χ3n) is 4.21. The number of anilines is 1. The monoisotopic (exact) mass is 376 g/mol. The highest BCUT2D eigenvalue weighted by Crippen LogP contribution is 2.19. The van der Waals surface area contributed by atoms with E-state index in [1.54, 1.807) is 42.5 Å². The van der Waals surface area contributed by atoms with Gasteiger partial charge in [-0.05, 0) is 68.3 Å². The summed E-state index contributed by atoms with van der Waals surface area (Å²) >= 11 is 0. The lowest BCUT2D eigenvalue weighted by atomic mass is 10.1. The van der Waals surface area contributed by atoms with Crippen LogP contribution in [0.25, 0.3) is 0 Å². The topological polar surface area (TPSA) is 86.7 Å². The van der Waals surface area contributed by atoms with Crippen molar-refractivity contribution < 1.29 is 18.3 Å². The molecule has 0 heterocycles. The van der Waals surface area contributed by atoms with Crippen LogP contribution in [-0.4, -0.2) is 44.0 Å². The summed E-state index contributed by atoms with van der Waals surface area (Å²) in [5.74, 6) is -0.204. The second-order valence-corrected chi connectivity index (χ2v) is 7.72. The van der Waals surface area contributed by atoms with E-state index in [1.165, 1.54) is 4.90 Å². The van der Waals surface area contributed by atoms with Crippen LogP contribution in [0.3, 0.4) is 0 Å². The summed E-state index contributed by atoms with van der Waals surface area (Å²) in [6, 6.07) is 11.2. The van der Waals surface area contributed by atoms with Crippen molar-refractivity contribution >= 4 is 21.6 Å². The number of aliphatic hydroxyl groups is 1. The van der Waals surface area contributed by atoms with Gasteiger partial charge in [0.1, 0.15) is 0 Å². The number of aryl methyl sites for hydroxylation is 2. The summed E-state index contributed by atoms with van der Waals surface area (Å²) in [5, 5.41) is 9.01. The molecule has 2 N–H and O–H groups in total. The van der Waals surface area contributed by atoms with Crippen molar-refractivity contribution in [2.45, 2.75) is 25.7 Å². The van der Waals surface area contributed by atoms with E-state index in [2.05, 4.69) is 4.72 Å². The van der Waals surface area contributed by atoms with E-state index in [-0.39, 0.29) is 24.0 Å². The first-order valence-electron chi connectivity index (χ1n) is 8.38. The highest BCUT2D eigenvalue weighted by molar-refractivity contribution is 7.92. The van der Waals surface area contributed by atoms with Crippen LogP contribution in [0.4, 0.5) is 5.69 Å². The molecule has 0 saturated heterocycles. The van der Waals surface area contributed by atoms with Gasteiger partial charge in [0.2, 0.25) is 0 Å². The van der Waals surface area contributed by atoms with E-state index in [1.807, 2.05) is 20.8 Å². The molecule has 7 heteroatoms. The molecule has 0 spiro atoms. The van der Waals surface area contributed by atoms with Crippen LogP contribution in [0.1, 0.15) is 28.4 Å². The molecule has 0 bridgehead atoms. The number of rotatable bonds is 7. The maximum absolute atomic E-state index is 12.5. The normalized spacial score (nSPS) is 11.2. The van der Waals surface area contributed by atoms with Crippen LogP contribution >= 0.6 is 0 Å². The fourth-order valence-electron chi connectivity index (χ4n) is 2.48. The molecule has 0 unspecified atom stereocenters. The largest absolute Gasteiger partial charge is 0.395 e. The third-order valence-corrected chi connectivity index (χ3v) is 5.59. The fraction of sp³-hybridized carbons (Fsp3) is 0.316. The quantitative estimate of drug-likeness (QED) is 0.777. The molecule has 0 fully saturated rings. The Balaban J connectivity index is 2.18. The van der Waals surface area contributed by atoms with E-state index in [0.717, 1.165) is 11.1 Å². The molecule has 0 aliphatic carbocycles. The molecular weight excluding hydrogens is 352 g/mol. The zero-order chi connectivity index (χ0) is 19.3. The minimum Gasteiger partial charge on any atom is -0.395 e. The number of likely N-dealkylation sites (N-methyl/N-ethyl adjacent to an activating group) is 1. The van der Waals surface area contributed by atoms with Gasteiger partial charge in [0.15, 0.2) is 0 Å². The van der Waals surface area contributed by atoms with Gasteiger partial charge in [0, 0.05) is 24.3 Å². The van der Waals surface area contributed by atoms with Crippen molar-refractivity contribution in [3.63, 3.8) is 0 Å². The fourth-order valence-corrected chi connectivity index (χ4v) is 3.63. The van der Waals surface area contributed by atoms with Gasteiger partial charge in [0.25, 0.3) is 15.9 Å². The van der Waals surface area contributed by atoms with E-state index in [4.69, 9.17) is 5.11 Å². The van der Waals surface area contributed by atoms with Crippen LogP contribution in [0.15, 0.2) is 47.4 Å². The molecule has 2 aromatic carbocycles. The Hall–Kier alpha value is -2.38. The summed E-state index contributed by atoms with van der Waals surface area (Å²) in [6.45, 7) is 6.26. The molecule has 26 heavy (non-hydrogen) atoms. The van der Waals surface area contributed by atoms with Crippen LogP contribution < -0.4 is 4.72 Å². The van der Waals surface area contributed by atoms with Crippen molar-refractivity contribution in [3.8, 4) is 0 Å². The maximum Gasteiger partial charge on any atom is 0.261 e. The SMILES string of the molecule is CCN(CCO)C(=O)c1ccc(NS(=O)(=O)c2ccc(C)c(C)c2)cc1. The lowest BCUT2D eigenvalue weighted by Crippen LogP contribution is -2.33. The van der Waals surface area contributed by atoms with E-state index in [0.29, 0.717) is 17.8 Å². The third kappa shape index (κ3) is 4.62. The van der Waals surface area contributed by atoms with E-state index in [9.17, 15) is 13.2 Å². The molecule has 0 aromatic heterocycles. The van der Waals surface area contributed by atoms with Crippen molar-refractivity contribution in [2.75, 3.05) is 24.4 Å². The van der Waals surface area contributed by atoms with Crippen molar-refractivity contribution in [2.24, 2.45) is 0 Å². The average molecular weight is 376 g/mol. The second-order valence-electron chi connectivity index (χ2n) is 6.04. The number of amides is 1. The number of carbonyl (C=O) groups excluding carboxylic acids is 1. The Kier molecular flexibility index (Phi) is 6.39. The van der Waals surface area contributed by atoms with Gasteiger partial charge < -0.3 is 10.0 Å². The van der Waals surface area contributed by atoms with E-state index < -0.39 is 10.0 Å². The van der Waals surface area contributed by atoms with Crippen molar-refractivity contribution in [1.29, 1.82) is 0 Å². The number of nitrogens with one attached hydrogen (secondary N) is 1. The Morgan fingerprint density at radius 2 is 1.73 bits per heavy atom. The Bertz CT molecular complexity index is 877. The molecule has 0 saturated carbocycles. The first-order valence-corrected chi connectivity index (χ1v) is 9.87. The van der Waals surface area contributed by atoms with Gasteiger partial charge in [-0.15, -0.1) is 0 Å². The zero-order valence-electron chi connectivity index (χ0n) is 15.2. The molecule has 0 atom stereocenters. The van der Waals surface area contributed by atoms with Crippen molar-refractivity contribution in [3.05, 3.63) is 59.2 Å². The number of benzene rings is 2. The molecule has 0 aliphatic heterocycles. The van der Waals surface area contributed by atoms with Crippen molar-refractivity contribution in [1.82, 2.24) is 4.90 Å². The van der Waals surface area contributed by atoms with Gasteiger partial charge in [-0.3, -0.25) is 9.52 Å².